The Hall–Kier alpha value is -4.21. The molecule has 0 saturated carbocycles. The van der Waals surface area contributed by atoms with Gasteiger partial charge in [-0.25, -0.2) is 13.6 Å². The minimum Gasteiger partial charge on any atom is -0.444 e. The molecule has 4 rings (SSSR count). The van der Waals surface area contributed by atoms with Crippen molar-refractivity contribution in [3.8, 4) is 16.8 Å². The molecular weight excluding hydrogens is 458 g/mol. The van der Waals surface area contributed by atoms with Gasteiger partial charge >= 0.3 is 6.09 Å². The Balaban J connectivity index is 1.92. The summed E-state index contributed by atoms with van der Waals surface area (Å²) < 4.78 is 41.3. The average molecular weight is 482 g/mol. The standard InChI is InChI=1S/C25H24F2N4O4/c1-12-22(13(2)35-30-12)14-6-7-15-20(8-14)31(11-18(28)23(15)32)21-10-19(16(26)9-17(21)27)29-24(33)34-25(3,4)5/h6-11H,28H2,1-5H3,(H,29,33). The summed E-state index contributed by atoms with van der Waals surface area (Å²) in [5.41, 5.74) is 6.48. The van der Waals surface area contributed by atoms with Crippen LogP contribution in [0.5, 0.6) is 0 Å². The Labute approximate surface area is 199 Å². The molecule has 1 amide bonds. The molecule has 0 saturated heterocycles. The predicted molar refractivity (Wildman–Crippen MR) is 129 cm³/mol. The molecule has 0 atom stereocenters. The molecule has 4 aromatic rings. The molecule has 0 aliphatic heterocycles. The molecule has 0 bridgehead atoms. The van der Waals surface area contributed by atoms with Crippen molar-refractivity contribution in [1.29, 1.82) is 0 Å². The van der Waals surface area contributed by atoms with Crippen molar-refractivity contribution < 1.29 is 22.8 Å². The quantitative estimate of drug-likeness (QED) is 0.400. The maximum absolute atomic E-state index is 15.0. The Morgan fingerprint density at radius 3 is 2.49 bits per heavy atom. The first-order valence-corrected chi connectivity index (χ1v) is 10.7. The van der Waals surface area contributed by atoms with Gasteiger partial charge in [0.15, 0.2) is 0 Å². The summed E-state index contributed by atoms with van der Waals surface area (Å²) >= 11 is 0. The third-order valence-corrected chi connectivity index (χ3v) is 5.29. The third-order valence-electron chi connectivity index (χ3n) is 5.29. The highest BCUT2D eigenvalue weighted by Crippen LogP contribution is 2.31. The molecule has 10 heteroatoms. The average Bonchev–Trinajstić information content (AvgIpc) is 3.09. The molecule has 0 aliphatic rings. The second kappa shape index (κ2) is 8.53. The van der Waals surface area contributed by atoms with Crippen molar-refractivity contribution in [2.45, 2.75) is 40.2 Å². The Morgan fingerprint density at radius 2 is 1.86 bits per heavy atom. The summed E-state index contributed by atoms with van der Waals surface area (Å²) in [7, 11) is 0. The highest BCUT2D eigenvalue weighted by atomic mass is 19.1. The van der Waals surface area contributed by atoms with E-state index >= 15 is 4.39 Å². The van der Waals surface area contributed by atoms with E-state index in [4.69, 9.17) is 15.0 Å². The molecule has 0 aliphatic carbocycles. The van der Waals surface area contributed by atoms with Gasteiger partial charge in [0.25, 0.3) is 0 Å². The lowest BCUT2D eigenvalue weighted by atomic mass is 10.0. The fourth-order valence-corrected chi connectivity index (χ4v) is 3.83. The molecule has 8 nitrogen and oxygen atoms in total. The van der Waals surface area contributed by atoms with Gasteiger partial charge in [-0.3, -0.25) is 10.1 Å². The van der Waals surface area contributed by atoms with E-state index in [1.165, 1.54) is 10.8 Å². The van der Waals surface area contributed by atoms with Gasteiger partial charge in [-0.05, 0) is 58.4 Å². The number of rotatable bonds is 3. The molecular formula is C25H24F2N4O4. The first kappa shape index (κ1) is 23.9. The fraction of sp³-hybridized carbons (Fsp3) is 0.240. The van der Waals surface area contributed by atoms with Gasteiger partial charge in [-0.15, -0.1) is 0 Å². The van der Waals surface area contributed by atoms with Crippen molar-refractivity contribution in [3.05, 3.63) is 69.8 Å². The number of amides is 1. The van der Waals surface area contributed by atoms with E-state index in [1.54, 1.807) is 52.8 Å². The zero-order valence-corrected chi connectivity index (χ0v) is 19.8. The highest BCUT2D eigenvalue weighted by molar-refractivity contribution is 5.89. The van der Waals surface area contributed by atoms with Gasteiger partial charge < -0.3 is 19.6 Å². The van der Waals surface area contributed by atoms with E-state index < -0.39 is 28.8 Å². The number of nitrogens with one attached hydrogen (secondary N) is 1. The van der Waals surface area contributed by atoms with E-state index in [9.17, 15) is 14.0 Å². The molecule has 2 heterocycles. The molecule has 182 valence electrons. The maximum atomic E-state index is 15.0. The molecule has 2 aromatic heterocycles. The fourth-order valence-electron chi connectivity index (χ4n) is 3.83. The van der Waals surface area contributed by atoms with Crippen molar-refractivity contribution in [1.82, 2.24) is 9.72 Å². The van der Waals surface area contributed by atoms with Crippen LogP contribution in [0.1, 0.15) is 32.2 Å². The maximum Gasteiger partial charge on any atom is 0.412 e. The topological polar surface area (TPSA) is 112 Å². The van der Waals surface area contributed by atoms with Gasteiger partial charge in [0.2, 0.25) is 5.43 Å². The second-order valence-corrected chi connectivity index (χ2v) is 9.13. The molecule has 0 spiro atoms. The minimum atomic E-state index is -0.994. The SMILES string of the molecule is Cc1noc(C)c1-c1ccc2c(=O)c(N)cn(-c3cc(NC(=O)OC(C)(C)C)c(F)cc3F)c2c1. The number of benzene rings is 2. The number of anilines is 2. The van der Waals surface area contributed by atoms with Crippen LogP contribution in [0.25, 0.3) is 27.7 Å². The van der Waals surface area contributed by atoms with E-state index in [0.717, 1.165) is 11.6 Å². The van der Waals surface area contributed by atoms with Crippen LogP contribution in [0.4, 0.5) is 25.0 Å². The number of pyridine rings is 1. The summed E-state index contributed by atoms with van der Waals surface area (Å²) in [5.74, 6) is -1.35. The monoisotopic (exact) mass is 482 g/mol. The molecule has 0 radical (unpaired) electrons. The normalized spacial score (nSPS) is 11.6. The Morgan fingerprint density at radius 1 is 1.14 bits per heavy atom. The number of nitrogens with two attached hydrogens (primary N) is 1. The molecule has 2 aromatic carbocycles. The number of ether oxygens (including phenoxy) is 1. The summed E-state index contributed by atoms with van der Waals surface area (Å²) in [6, 6.07) is 6.72. The number of hydrogen-bond donors (Lipinski definition) is 2. The van der Waals surface area contributed by atoms with Crippen LogP contribution in [0.3, 0.4) is 0 Å². The van der Waals surface area contributed by atoms with Gasteiger partial charge in [0.1, 0.15) is 23.0 Å². The second-order valence-electron chi connectivity index (χ2n) is 9.13. The summed E-state index contributed by atoms with van der Waals surface area (Å²) in [6.45, 7) is 8.50. The van der Waals surface area contributed by atoms with Gasteiger partial charge in [-0.2, -0.15) is 0 Å². The number of aromatic nitrogens is 2. The third kappa shape index (κ3) is 4.59. The van der Waals surface area contributed by atoms with E-state index in [2.05, 4.69) is 10.5 Å². The van der Waals surface area contributed by atoms with Gasteiger partial charge in [0, 0.05) is 23.2 Å². The number of carbonyl (C=O) groups excluding carboxylic acids is 1. The van der Waals surface area contributed by atoms with Crippen molar-refractivity contribution in [2.24, 2.45) is 0 Å². The molecule has 0 unspecified atom stereocenters. The highest BCUT2D eigenvalue weighted by Gasteiger charge is 2.21. The van der Waals surface area contributed by atoms with E-state index in [0.29, 0.717) is 28.6 Å². The largest absolute Gasteiger partial charge is 0.444 e. The number of nitrogens with zero attached hydrogens (tertiary/aromatic N) is 2. The van der Waals surface area contributed by atoms with Gasteiger partial charge in [0.05, 0.1) is 28.3 Å². The van der Waals surface area contributed by atoms with Crippen LogP contribution in [0.15, 0.2) is 45.8 Å². The van der Waals surface area contributed by atoms with Crippen LogP contribution in [-0.2, 0) is 4.74 Å². The summed E-state index contributed by atoms with van der Waals surface area (Å²) in [6.07, 6.45) is 0.356. The lowest BCUT2D eigenvalue weighted by Gasteiger charge is -2.20. The van der Waals surface area contributed by atoms with Gasteiger partial charge in [-0.1, -0.05) is 11.2 Å². The first-order chi connectivity index (χ1) is 16.4. The minimum absolute atomic E-state index is 0.132. The van der Waals surface area contributed by atoms with E-state index in [1.807, 2.05) is 0 Å². The smallest absolute Gasteiger partial charge is 0.412 e. The lowest BCUT2D eigenvalue weighted by molar-refractivity contribution is 0.0635. The van der Waals surface area contributed by atoms with Crippen LogP contribution in [0.2, 0.25) is 0 Å². The Kier molecular flexibility index (Phi) is 5.84. The summed E-state index contributed by atoms with van der Waals surface area (Å²) in [5, 5.41) is 6.48. The van der Waals surface area contributed by atoms with Crippen LogP contribution >= 0.6 is 0 Å². The first-order valence-electron chi connectivity index (χ1n) is 10.7. The molecule has 3 N–H and O–H groups in total. The molecule has 0 fully saturated rings. The van der Waals surface area contributed by atoms with Crippen molar-refractivity contribution >= 4 is 28.4 Å². The molecule has 35 heavy (non-hydrogen) atoms. The number of halogens is 2. The number of fused-ring (bicyclic) bond motifs is 1. The lowest BCUT2D eigenvalue weighted by Crippen LogP contribution is -2.27. The zero-order valence-electron chi connectivity index (χ0n) is 19.8. The van der Waals surface area contributed by atoms with Crippen LogP contribution in [0, 0.1) is 25.5 Å². The van der Waals surface area contributed by atoms with Crippen LogP contribution < -0.4 is 16.5 Å². The van der Waals surface area contributed by atoms with Crippen LogP contribution in [-0.4, -0.2) is 21.4 Å². The predicted octanol–water partition coefficient (Wildman–Crippen LogP) is 5.47. The Bertz CT molecular complexity index is 1510. The number of hydrogen-bond acceptors (Lipinski definition) is 6. The van der Waals surface area contributed by atoms with E-state index in [-0.39, 0.29) is 22.4 Å². The summed E-state index contributed by atoms with van der Waals surface area (Å²) in [4.78, 5) is 24.9. The number of carbonyl (C=O) groups is 1. The number of nitrogen functional groups attached to an aromatic ring is 1. The van der Waals surface area contributed by atoms with Crippen molar-refractivity contribution in [3.63, 3.8) is 0 Å². The van der Waals surface area contributed by atoms with Crippen molar-refractivity contribution in [2.75, 3.05) is 11.1 Å². The number of aryl methyl sites for hydroxylation is 2. The zero-order chi connectivity index (χ0) is 25.7.